The Morgan fingerprint density at radius 2 is 1.44 bits per heavy atom. The minimum absolute atomic E-state index is 0.0590. The van der Waals surface area contributed by atoms with Gasteiger partial charge in [0.15, 0.2) is 0 Å². The van der Waals surface area contributed by atoms with Gasteiger partial charge in [-0.25, -0.2) is 4.79 Å². The predicted octanol–water partition coefficient (Wildman–Crippen LogP) is 5.93. The molecule has 0 radical (unpaired) electrons. The highest BCUT2D eigenvalue weighted by Crippen LogP contribution is 2.44. The molecule has 0 spiro atoms. The maximum atomic E-state index is 12.9. The van der Waals surface area contributed by atoms with E-state index in [0.29, 0.717) is 5.56 Å². The number of fused-ring (bicyclic) bond motifs is 3. The summed E-state index contributed by atoms with van der Waals surface area (Å²) in [5, 5.41) is 9.05. The summed E-state index contributed by atoms with van der Waals surface area (Å²) in [6.07, 6.45) is -5.50. The van der Waals surface area contributed by atoms with E-state index in [2.05, 4.69) is 0 Å². The number of rotatable bonds is 7. The number of amides is 1. The van der Waals surface area contributed by atoms with Crippen molar-refractivity contribution in [2.45, 2.75) is 25.1 Å². The van der Waals surface area contributed by atoms with Crippen LogP contribution in [-0.2, 0) is 22.3 Å². The van der Waals surface area contributed by atoms with E-state index in [1.54, 1.807) is 0 Å². The van der Waals surface area contributed by atoms with Crippen LogP contribution in [0, 0.1) is 0 Å². The Labute approximate surface area is 194 Å². The topological polar surface area (TPSA) is 66.8 Å². The zero-order valence-electron chi connectivity index (χ0n) is 18.1. The molecule has 8 heteroatoms. The fourth-order valence-electron chi connectivity index (χ4n) is 4.17. The molecule has 1 amide bonds. The largest absolute Gasteiger partial charge is 0.481 e. The summed E-state index contributed by atoms with van der Waals surface area (Å²) >= 11 is 0. The van der Waals surface area contributed by atoms with E-state index in [0.717, 1.165) is 34.4 Å². The number of benzene rings is 3. The number of carboxylic acid groups (broad SMARTS) is 1. The fraction of sp³-hybridized carbons (Fsp3) is 0.231. The lowest BCUT2D eigenvalue weighted by atomic mass is 9.98. The number of carboxylic acids is 1. The summed E-state index contributed by atoms with van der Waals surface area (Å²) in [4.78, 5) is 25.2. The predicted molar refractivity (Wildman–Crippen MR) is 119 cm³/mol. The maximum absolute atomic E-state index is 12.9. The summed E-state index contributed by atoms with van der Waals surface area (Å²) in [6, 6.07) is 20.1. The van der Waals surface area contributed by atoms with Gasteiger partial charge in [-0.15, -0.1) is 0 Å². The summed E-state index contributed by atoms with van der Waals surface area (Å²) in [5.41, 5.74) is 3.87. The van der Waals surface area contributed by atoms with Crippen molar-refractivity contribution in [1.29, 1.82) is 0 Å². The number of carbonyl (C=O) groups excluding carboxylic acids is 1. The number of aliphatic carboxylic acids is 1. The third-order valence-corrected chi connectivity index (χ3v) is 5.84. The number of hydrogen-bond acceptors (Lipinski definition) is 3. The van der Waals surface area contributed by atoms with Gasteiger partial charge >= 0.3 is 18.2 Å². The van der Waals surface area contributed by atoms with Gasteiger partial charge < -0.3 is 14.7 Å². The van der Waals surface area contributed by atoms with Gasteiger partial charge in [-0.05, 0) is 39.9 Å². The van der Waals surface area contributed by atoms with E-state index >= 15 is 0 Å². The molecular formula is C26H22F3NO4. The molecule has 0 unspecified atom stereocenters. The average Bonchev–Trinajstić information content (AvgIpc) is 3.13. The average molecular weight is 469 g/mol. The molecule has 1 aliphatic carbocycles. The van der Waals surface area contributed by atoms with Crippen LogP contribution < -0.4 is 0 Å². The second-order valence-corrected chi connectivity index (χ2v) is 8.06. The third-order valence-electron chi connectivity index (χ3n) is 5.84. The molecule has 4 rings (SSSR count). The highest BCUT2D eigenvalue weighted by atomic mass is 19.4. The molecule has 0 aromatic heterocycles. The second kappa shape index (κ2) is 9.59. The van der Waals surface area contributed by atoms with Crippen LogP contribution in [0.4, 0.5) is 18.0 Å². The molecule has 3 aromatic carbocycles. The van der Waals surface area contributed by atoms with E-state index in [4.69, 9.17) is 9.84 Å². The number of hydrogen-bond donors (Lipinski definition) is 1. The number of carbonyl (C=O) groups is 2. The van der Waals surface area contributed by atoms with Crippen LogP contribution >= 0.6 is 0 Å². The van der Waals surface area contributed by atoms with Crippen molar-refractivity contribution in [2.75, 3.05) is 13.2 Å². The molecule has 0 fully saturated rings. The summed E-state index contributed by atoms with van der Waals surface area (Å²) < 4.78 is 44.1. The zero-order valence-corrected chi connectivity index (χ0v) is 18.1. The number of ether oxygens (including phenoxy) is 1. The van der Waals surface area contributed by atoms with Crippen molar-refractivity contribution >= 4 is 12.1 Å². The Morgan fingerprint density at radius 1 is 0.882 bits per heavy atom. The molecule has 3 aromatic rings. The van der Waals surface area contributed by atoms with Gasteiger partial charge in [-0.2, -0.15) is 13.2 Å². The van der Waals surface area contributed by atoms with Crippen molar-refractivity contribution in [2.24, 2.45) is 0 Å². The van der Waals surface area contributed by atoms with Gasteiger partial charge in [0, 0.05) is 19.0 Å². The van der Waals surface area contributed by atoms with Gasteiger partial charge in [-0.1, -0.05) is 60.7 Å². The Morgan fingerprint density at radius 3 is 1.97 bits per heavy atom. The molecular weight excluding hydrogens is 447 g/mol. The lowest BCUT2D eigenvalue weighted by Crippen LogP contribution is -2.34. The molecule has 1 aliphatic rings. The molecule has 5 nitrogen and oxygen atoms in total. The Kier molecular flexibility index (Phi) is 6.58. The minimum Gasteiger partial charge on any atom is -0.481 e. The standard InChI is InChI=1S/C26H22F3NO4/c27-26(28,29)18-11-9-17(10-12-18)15-30(14-13-24(31)32)25(33)34-16-23-21-7-3-1-5-19(21)20-6-2-4-8-22(20)23/h1-12,23H,13-16H2,(H,31,32). The van der Waals surface area contributed by atoms with E-state index in [1.165, 1.54) is 17.0 Å². The molecule has 176 valence electrons. The Balaban J connectivity index is 1.48. The number of alkyl halides is 3. The molecule has 0 atom stereocenters. The SMILES string of the molecule is O=C(O)CCN(Cc1ccc(C(F)(F)F)cc1)C(=O)OCC1c2ccccc2-c2ccccc21. The van der Waals surface area contributed by atoms with Crippen molar-refractivity contribution in [3.8, 4) is 11.1 Å². The smallest absolute Gasteiger partial charge is 0.416 e. The lowest BCUT2D eigenvalue weighted by molar-refractivity contribution is -0.138. The zero-order chi connectivity index (χ0) is 24.3. The van der Waals surface area contributed by atoms with Crippen LogP contribution in [0.5, 0.6) is 0 Å². The fourth-order valence-corrected chi connectivity index (χ4v) is 4.17. The first-order chi connectivity index (χ1) is 16.2. The van der Waals surface area contributed by atoms with Crippen LogP contribution in [-0.4, -0.2) is 35.2 Å². The van der Waals surface area contributed by atoms with E-state index < -0.39 is 23.8 Å². The van der Waals surface area contributed by atoms with Crippen LogP contribution in [0.2, 0.25) is 0 Å². The van der Waals surface area contributed by atoms with Gasteiger partial charge in [0.05, 0.1) is 12.0 Å². The number of halogens is 3. The second-order valence-electron chi connectivity index (χ2n) is 8.06. The van der Waals surface area contributed by atoms with Crippen molar-refractivity contribution in [3.63, 3.8) is 0 Å². The molecule has 34 heavy (non-hydrogen) atoms. The summed E-state index contributed by atoms with van der Waals surface area (Å²) in [5.74, 6) is -1.26. The molecule has 0 saturated carbocycles. The van der Waals surface area contributed by atoms with Crippen LogP contribution in [0.15, 0.2) is 72.8 Å². The van der Waals surface area contributed by atoms with Gasteiger partial charge in [0.1, 0.15) is 6.61 Å². The molecule has 1 N–H and O–H groups in total. The van der Waals surface area contributed by atoms with Crippen LogP contribution in [0.3, 0.4) is 0 Å². The van der Waals surface area contributed by atoms with Crippen molar-refractivity contribution in [1.82, 2.24) is 4.90 Å². The Hall–Kier alpha value is -3.81. The summed E-state index contributed by atoms with van der Waals surface area (Å²) in [7, 11) is 0. The molecule has 0 aliphatic heterocycles. The first kappa shape index (κ1) is 23.4. The quantitative estimate of drug-likeness (QED) is 0.466. The summed E-state index contributed by atoms with van der Waals surface area (Å²) in [6.45, 7) is -0.140. The van der Waals surface area contributed by atoms with E-state index in [-0.39, 0.29) is 32.0 Å². The van der Waals surface area contributed by atoms with Gasteiger partial charge in [0.25, 0.3) is 0 Å². The minimum atomic E-state index is -4.46. The highest BCUT2D eigenvalue weighted by Gasteiger charge is 2.31. The first-order valence-corrected chi connectivity index (χ1v) is 10.7. The van der Waals surface area contributed by atoms with Crippen molar-refractivity contribution in [3.05, 3.63) is 95.1 Å². The van der Waals surface area contributed by atoms with E-state index in [9.17, 15) is 22.8 Å². The van der Waals surface area contributed by atoms with Crippen LogP contribution in [0.25, 0.3) is 11.1 Å². The van der Waals surface area contributed by atoms with Gasteiger partial charge in [0.2, 0.25) is 0 Å². The third kappa shape index (κ3) is 5.06. The molecule has 0 bridgehead atoms. The lowest BCUT2D eigenvalue weighted by Gasteiger charge is -2.23. The molecule has 0 heterocycles. The normalized spacial score (nSPS) is 12.7. The van der Waals surface area contributed by atoms with E-state index in [1.807, 2.05) is 48.5 Å². The van der Waals surface area contributed by atoms with Crippen LogP contribution in [0.1, 0.15) is 34.6 Å². The van der Waals surface area contributed by atoms with Gasteiger partial charge in [-0.3, -0.25) is 4.79 Å². The Bertz CT molecular complexity index is 1150. The maximum Gasteiger partial charge on any atom is 0.416 e. The monoisotopic (exact) mass is 469 g/mol. The van der Waals surface area contributed by atoms with Crippen molar-refractivity contribution < 1.29 is 32.6 Å². The first-order valence-electron chi connectivity index (χ1n) is 10.7. The molecule has 0 saturated heterocycles. The number of nitrogens with zero attached hydrogens (tertiary/aromatic N) is 1. The highest BCUT2D eigenvalue weighted by molar-refractivity contribution is 5.79.